The maximum Gasteiger partial charge on any atom is 0.320 e. The Morgan fingerprint density at radius 1 is 1.35 bits per heavy atom. The van der Waals surface area contributed by atoms with Crippen molar-refractivity contribution in [1.29, 1.82) is 0 Å². The van der Waals surface area contributed by atoms with Crippen molar-refractivity contribution in [3.05, 3.63) is 29.3 Å². The van der Waals surface area contributed by atoms with Gasteiger partial charge in [0.1, 0.15) is 6.04 Å². The van der Waals surface area contributed by atoms with Gasteiger partial charge >= 0.3 is 5.97 Å². The number of anilines is 1. The van der Waals surface area contributed by atoms with Crippen LogP contribution in [0.25, 0.3) is 0 Å². The summed E-state index contributed by atoms with van der Waals surface area (Å²) in [7, 11) is 0. The fourth-order valence-corrected chi connectivity index (χ4v) is 2.58. The first kappa shape index (κ1) is 14.8. The molecule has 0 bridgehead atoms. The molecule has 1 amide bonds. The van der Waals surface area contributed by atoms with Crippen molar-refractivity contribution in [2.45, 2.75) is 25.3 Å². The quantitative estimate of drug-likeness (QED) is 0.894. The molecule has 6 heteroatoms. The van der Waals surface area contributed by atoms with Crippen LogP contribution < -0.4 is 5.32 Å². The van der Waals surface area contributed by atoms with E-state index < -0.39 is 12.0 Å². The van der Waals surface area contributed by atoms with Crippen LogP contribution in [0.1, 0.15) is 19.3 Å². The molecule has 1 aromatic rings. The van der Waals surface area contributed by atoms with E-state index in [1.807, 2.05) is 0 Å². The summed E-state index contributed by atoms with van der Waals surface area (Å²) in [5.74, 6) is -1.11. The van der Waals surface area contributed by atoms with E-state index in [4.69, 9.17) is 16.7 Å². The van der Waals surface area contributed by atoms with Crippen molar-refractivity contribution in [3.8, 4) is 0 Å². The predicted molar refractivity (Wildman–Crippen MR) is 76.9 cm³/mol. The van der Waals surface area contributed by atoms with Crippen LogP contribution in [0.5, 0.6) is 0 Å². The fourth-order valence-electron chi connectivity index (χ4n) is 2.40. The normalized spacial score (nSPS) is 19.6. The Labute approximate surface area is 122 Å². The first-order valence-electron chi connectivity index (χ1n) is 6.59. The molecule has 1 saturated heterocycles. The molecule has 0 aliphatic carbocycles. The van der Waals surface area contributed by atoms with Crippen LogP contribution in [0.3, 0.4) is 0 Å². The Balaban J connectivity index is 1.96. The van der Waals surface area contributed by atoms with Gasteiger partial charge in [-0.1, -0.05) is 30.2 Å². The number of amides is 1. The van der Waals surface area contributed by atoms with Gasteiger partial charge in [-0.05, 0) is 31.5 Å². The summed E-state index contributed by atoms with van der Waals surface area (Å²) in [4.78, 5) is 24.9. The standard InChI is InChI=1S/C14H17ClN2O3/c15-10-5-1-2-6-11(10)16-13(18)9-17-8-4-3-7-12(17)14(19)20/h1-2,5-6,12H,3-4,7-9H2,(H,16,18)(H,19,20). The molecule has 1 aromatic carbocycles. The molecule has 2 rings (SSSR count). The number of carboxylic acids is 1. The zero-order valence-corrected chi connectivity index (χ0v) is 11.8. The van der Waals surface area contributed by atoms with Crippen LogP contribution >= 0.6 is 11.6 Å². The lowest BCUT2D eigenvalue weighted by molar-refractivity contribution is -0.145. The number of rotatable bonds is 4. The Morgan fingerprint density at radius 3 is 2.80 bits per heavy atom. The van der Waals surface area contributed by atoms with Gasteiger partial charge in [-0.3, -0.25) is 14.5 Å². The van der Waals surface area contributed by atoms with Crippen LogP contribution in [0, 0.1) is 0 Å². The molecule has 1 aliphatic heterocycles. The highest BCUT2D eigenvalue weighted by Crippen LogP contribution is 2.21. The van der Waals surface area contributed by atoms with Crippen LogP contribution in [-0.4, -0.2) is 41.0 Å². The summed E-state index contributed by atoms with van der Waals surface area (Å²) in [6, 6.07) is 6.40. The lowest BCUT2D eigenvalue weighted by atomic mass is 10.0. The minimum absolute atomic E-state index is 0.0716. The largest absolute Gasteiger partial charge is 0.480 e. The number of halogens is 1. The summed E-state index contributed by atoms with van der Waals surface area (Å²) in [6.07, 6.45) is 2.40. The number of aliphatic carboxylic acids is 1. The molecule has 0 spiro atoms. The van der Waals surface area contributed by atoms with Gasteiger partial charge in [-0.2, -0.15) is 0 Å². The zero-order valence-electron chi connectivity index (χ0n) is 11.0. The number of para-hydroxylation sites is 1. The summed E-state index contributed by atoms with van der Waals surface area (Å²) >= 11 is 5.97. The summed E-state index contributed by atoms with van der Waals surface area (Å²) in [5, 5.41) is 12.3. The number of carboxylic acid groups (broad SMARTS) is 1. The van der Waals surface area contributed by atoms with Crippen molar-refractivity contribution in [2.75, 3.05) is 18.4 Å². The van der Waals surface area contributed by atoms with Gasteiger partial charge in [-0.25, -0.2) is 0 Å². The maximum atomic E-state index is 12.0. The SMILES string of the molecule is O=C(CN1CCCCC1C(=O)O)Nc1ccccc1Cl. The summed E-state index contributed by atoms with van der Waals surface area (Å²) < 4.78 is 0. The van der Waals surface area contributed by atoms with Crippen LogP contribution in [0.15, 0.2) is 24.3 Å². The molecule has 1 heterocycles. The van der Waals surface area contributed by atoms with E-state index in [9.17, 15) is 9.59 Å². The Hall–Kier alpha value is -1.59. The van der Waals surface area contributed by atoms with E-state index >= 15 is 0 Å². The molecule has 5 nitrogen and oxygen atoms in total. The lowest BCUT2D eigenvalue weighted by Crippen LogP contribution is -2.47. The molecule has 108 valence electrons. The van der Waals surface area contributed by atoms with Crippen molar-refractivity contribution in [2.24, 2.45) is 0 Å². The highest BCUT2D eigenvalue weighted by molar-refractivity contribution is 6.33. The Bertz CT molecular complexity index is 507. The van der Waals surface area contributed by atoms with Gasteiger partial charge in [0.2, 0.25) is 5.91 Å². The van der Waals surface area contributed by atoms with Crippen LogP contribution in [0.4, 0.5) is 5.69 Å². The molecule has 2 N–H and O–H groups in total. The number of carbonyl (C=O) groups is 2. The van der Waals surface area contributed by atoms with Crippen molar-refractivity contribution in [3.63, 3.8) is 0 Å². The topological polar surface area (TPSA) is 69.6 Å². The monoisotopic (exact) mass is 296 g/mol. The lowest BCUT2D eigenvalue weighted by Gasteiger charge is -2.32. The second kappa shape index (κ2) is 6.72. The zero-order chi connectivity index (χ0) is 14.5. The minimum Gasteiger partial charge on any atom is -0.480 e. The molecule has 1 aliphatic rings. The third-order valence-electron chi connectivity index (χ3n) is 3.39. The third kappa shape index (κ3) is 3.71. The second-order valence-electron chi connectivity index (χ2n) is 4.85. The van der Waals surface area contributed by atoms with E-state index in [0.29, 0.717) is 23.7 Å². The number of hydrogen-bond donors (Lipinski definition) is 2. The Morgan fingerprint density at radius 2 is 2.10 bits per heavy atom. The molecule has 0 saturated carbocycles. The van der Waals surface area contributed by atoms with Crippen molar-refractivity contribution in [1.82, 2.24) is 4.90 Å². The van der Waals surface area contributed by atoms with Gasteiger partial charge in [0.05, 0.1) is 17.3 Å². The molecular formula is C14H17ClN2O3. The van der Waals surface area contributed by atoms with Crippen LogP contribution in [0.2, 0.25) is 5.02 Å². The van der Waals surface area contributed by atoms with Gasteiger partial charge in [0.25, 0.3) is 0 Å². The minimum atomic E-state index is -0.866. The number of nitrogens with zero attached hydrogens (tertiary/aromatic N) is 1. The smallest absolute Gasteiger partial charge is 0.320 e. The van der Waals surface area contributed by atoms with Crippen molar-refractivity contribution < 1.29 is 14.7 Å². The second-order valence-corrected chi connectivity index (χ2v) is 5.26. The molecule has 20 heavy (non-hydrogen) atoms. The first-order chi connectivity index (χ1) is 9.58. The summed E-state index contributed by atoms with van der Waals surface area (Å²) in [6.45, 7) is 0.703. The van der Waals surface area contributed by atoms with E-state index in [2.05, 4.69) is 5.32 Å². The molecule has 1 fully saturated rings. The van der Waals surface area contributed by atoms with Crippen LogP contribution in [-0.2, 0) is 9.59 Å². The average molecular weight is 297 g/mol. The molecule has 0 aromatic heterocycles. The predicted octanol–water partition coefficient (Wildman–Crippen LogP) is 2.22. The molecule has 1 atom stereocenters. The van der Waals surface area contributed by atoms with Gasteiger partial charge in [0, 0.05) is 0 Å². The maximum absolute atomic E-state index is 12.0. The van der Waals surface area contributed by atoms with Crippen molar-refractivity contribution >= 4 is 29.2 Å². The van der Waals surface area contributed by atoms with E-state index in [0.717, 1.165) is 12.8 Å². The number of benzene rings is 1. The Kier molecular flexibility index (Phi) is 4.98. The molecule has 0 radical (unpaired) electrons. The van der Waals surface area contributed by atoms with Gasteiger partial charge in [-0.15, -0.1) is 0 Å². The fraction of sp³-hybridized carbons (Fsp3) is 0.429. The first-order valence-corrected chi connectivity index (χ1v) is 6.97. The highest BCUT2D eigenvalue weighted by atomic mass is 35.5. The highest BCUT2D eigenvalue weighted by Gasteiger charge is 2.29. The number of hydrogen-bond acceptors (Lipinski definition) is 3. The average Bonchev–Trinajstić information content (AvgIpc) is 2.41. The van der Waals surface area contributed by atoms with Gasteiger partial charge < -0.3 is 10.4 Å². The van der Waals surface area contributed by atoms with Gasteiger partial charge in [0.15, 0.2) is 0 Å². The number of likely N-dealkylation sites (tertiary alicyclic amines) is 1. The number of piperidine rings is 1. The van der Waals surface area contributed by atoms with E-state index in [1.54, 1.807) is 29.2 Å². The summed E-state index contributed by atoms with van der Waals surface area (Å²) in [5.41, 5.74) is 0.544. The number of nitrogens with one attached hydrogen (secondary N) is 1. The molecule has 1 unspecified atom stereocenters. The van der Waals surface area contributed by atoms with E-state index in [1.165, 1.54) is 0 Å². The molecular weight excluding hydrogens is 280 g/mol. The number of carbonyl (C=O) groups excluding carboxylic acids is 1. The van der Waals surface area contributed by atoms with E-state index in [-0.39, 0.29) is 12.5 Å². The third-order valence-corrected chi connectivity index (χ3v) is 3.72.